The minimum atomic E-state index is -3.81. The van der Waals surface area contributed by atoms with Crippen LogP contribution < -0.4 is 4.74 Å². The van der Waals surface area contributed by atoms with E-state index in [1.165, 1.54) is 15.8 Å². The fourth-order valence-corrected chi connectivity index (χ4v) is 5.79. The Morgan fingerprint density at radius 3 is 2.31 bits per heavy atom. The van der Waals surface area contributed by atoms with Crippen molar-refractivity contribution in [3.8, 4) is 17.0 Å². The Morgan fingerprint density at radius 1 is 1.00 bits per heavy atom. The zero-order valence-electron chi connectivity index (χ0n) is 18.2. The Balaban J connectivity index is 1.61. The quantitative estimate of drug-likeness (QED) is 0.289. The molecule has 4 rings (SSSR count). The number of benzene rings is 3. The molecule has 35 heavy (non-hydrogen) atoms. The number of hydrogen-bond acceptors (Lipinski definition) is 7. The molecule has 0 bridgehead atoms. The summed E-state index contributed by atoms with van der Waals surface area (Å²) in [4.78, 5) is 11.0. The molecule has 0 amide bonds. The van der Waals surface area contributed by atoms with Gasteiger partial charge in [0, 0.05) is 24.0 Å². The lowest BCUT2D eigenvalue weighted by Crippen LogP contribution is -2.30. The lowest BCUT2D eigenvalue weighted by atomic mass is 10.1. The van der Waals surface area contributed by atoms with Crippen LogP contribution in [0.1, 0.15) is 11.1 Å². The number of aromatic nitrogens is 2. The monoisotopic (exact) mass is 573 g/mol. The standard InChI is InChI=1S/C24H20BrN3O5S2/c25-21-12-18(8-11-23(21)33-15-24(29)30)14-28(35(31,32)20-4-2-1-3-5-20)13-17-6-9-19(10-7-17)22-16-34-27-26-22/h1-12,16H,13-15H2,(H,29,30). The third-order valence-corrected chi connectivity index (χ3v) is 7.99. The van der Waals surface area contributed by atoms with Crippen LogP contribution in [-0.4, -0.2) is 40.0 Å². The molecule has 8 nitrogen and oxygen atoms in total. The third-order valence-electron chi connectivity index (χ3n) is 5.06. The Kier molecular flexibility index (Phi) is 7.91. The van der Waals surface area contributed by atoms with Crippen molar-refractivity contribution < 1.29 is 23.1 Å². The summed E-state index contributed by atoms with van der Waals surface area (Å²) in [6.45, 7) is -0.214. The van der Waals surface area contributed by atoms with Gasteiger partial charge in [0.2, 0.25) is 10.0 Å². The van der Waals surface area contributed by atoms with Crippen LogP contribution in [-0.2, 0) is 27.9 Å². The van der Waals surface area contributed by atoms with Crippen molar-refractivity contribution in [2.45, 2.75) is 18.0 Å². The van der Waals surface area contributed by atoms with E-state index in [4.69, 9.17) is 9.84 Å². The van der Waals surface area contributed by atoms with Gasteiger partial charge in [0.25, 0.3) is 0 Å². The molecule has 0 radical (unpaired) electrons. The molecular formula is C24H20BrN3O5S2. The van der Waals surface area contributed by atoms with Gasteiger partial charge in [-0.15, -0.1) is 5.10 Å². The van der Waals surface area contributed by atoms with Gasteiger partial charge in [0.1, 0.15) is 11.4 Å². The second-order valence-electron chi connectivity index (χ2n) is 7.52. The number of aliphatic carboxylic acids is 1. The fraction of sp³-hybridized carbons (Fsp3) is 0.125. The summed E-state index contributed by atoms with van der Waals surface area (Å²) in [6, 6.07) is 20.9. The maximum absolute atomic E-state index is 13.5. The summed E-state index contributed by atoms with van der Waals surface area (Å²) in [5, 5.41) is 14.7. The highest BCUT2D eigenvalue weighted by molar-refractivity contribution is 9.10. The highest BCUT2D eigenvalue weighted by atomic mass is 79.9. The van der Waals surface area contributed by atoms with E-state index in [9.17, 15) is 13.2 Å². The van der Waals surface area contributed by atoms with E-state index in [0.29, 0.717) is 15.8 Å². The van der Waals surface area contributed by atoms with Crippen molar-refractivity contribution in [3.05, 3.63) is 93.8 Å². The van der Waals surface area contributed by atoms with Gasteiger partial charge >= 0.3 is 5.97 Å². The molecule has 0 unspecified atom stereocenters. The first-order valence-corrected chi connectivity index (χ1v) is 13.4. The summed E-state index contributed by atoms with van der Waals surface area (Å²) < 4.78 is 38.1. The molecule has 0 saturated heterocycles. The van der Waals surface area contributed by atoms with Gasteiger partial charge < -0.3 is 9.84 Å². The minimum absolute atomic E-state index is 0.104. The Morgan fingerprint density at radius 2 is 1.69 bits per heavy atom. The highest BCUT2D eigenvalue weighted by Gasteiger charge is 2.25. The van der Waals surface area contributed by atoms with E-state index in [-0.39, 0.29) is 18.0 Å². The largest absolute Gasteiger partial charge is 0.481 e. The smallest absolute Gasteiger partial charge is 0.341 e. The second kappa shape index (κ2) is 11.1. The molecule has 3 aromatic carbocycles. The number of ether oxygens (including phenoxy) is 1. The molecule has 4 aromatic rings. The molecule has 0 aliphatic rings. The molecule has 0 aliphatic carbocycles. The number of halogens is 1. The third kappa shape index (κ3) is 6.31. The molecule has 0 atom stereocenters. The van der Waals surface area contributed by atoms with Crippen molar-refractivity contribution in [3.63, 3.8) is 0 Å². The van der Waals surface area contributed by atoms with Crippen molar-refractivity contribution in [1.29, 1.82) is 0 Å². The average Bonchev–Trinajstić information content (AvgIpc) is 3.39. The molecule has 0 fully saturated rings. The molecule has 0 saturated carbocycles. The van der Waals surface area contributed by atoms with Gasteiger partial charge in [-0.2, -0.15) is 4.31 Å². The maximum Gasteiger partial charge on any atom is 0.341 e. The molecule has 180 valence electrons. The molecule has 11 heteroatoms. The average molecular weight is 574 g/mol. The number of sulfonamides is 1. The number of hydrogen-bond donors (Lipinski definition) is 1. The Labute approximate surface area is 215 Å². The van der Waals surface area contributed by atoms with E-state index in [2.05, 4.69) is 25.5 Å². The van der Waals surface area contributed by atoms with Crippen molar-refractivity contribution in [2.75, 3.05) is 6.61 Å². The van der Waals surface area contributed by atoms with Gasteiger partial charge in [0.05, 0.1) is 9.37 Å². The first-order chi connectivity index (χ1) is 16.8. The predicted octanol–water partition coefficient (Wildman–Crippen LogP) is 4.82. The summed E-state index contributed by atoms with van der Waals surface area (Å²) in [5.41, 5.74) is 3.20. The predicted molar refractivity (Wildman–Crippen MR) is 135 cm³/mol. The van der Waals surface area contributed by atoms with Crippen LogP contribution in [0.15, 0.2) is 87.5 Å². The van der Waals surface area contributed by atoms with Gasteiger partial charge in [-0.25, -0.2) is 13.2 Å². The van der Waals surface area contributed by atoms with Crippen LogP contribution in [0.4, 0.5) is 0 Å². The lowest BCUT2D eigenvalue weighted by Gasteiger charge is -2.23. The second-order valence-corrected chi connectivity index (χ2v) is 10.9. The summed E-state index contributed by atoms with van der Waals surface area (Å²) >= 11 is 4.65. The van der Waals surface area contributed by atoms with E-state index in [1.54, 1.807) is 48.5 Å². The fourth-order valence-electron chi connectivity index (χ4n) is 3.35. The van der Waals surface area contributed by atoms with Crippen LogP contribution in [0, 0.1) is 0 Å². The molecule has 1 aromatic heterocycles. The van der Waals surface area contributed by atoms with E-state index in [1.807, 2.05) is 29.6 Å². The van der Waals surface area contributed by atoms with E-state index >= 15 is 0 Å². The topological polar surface area (TPSA) is 110 Å². The Hall–Kier alpha value is -3.12. The maximum atomic E-state index is 13.5. The molecule has 1 N–H and O–H groups in total. The zero-order chi connectivity index (χ0) is 24.8. The highest BCUT2D eigenvalue weighted by Crippen LogP contribution is 2.29. The first-order valence-electron chi connectivity index (χ1n) is 10.4. The molecular weight excluding hydrogens is 554 g/mol. The van der Waals surface area contributed by atoms with Crippen molar-refractivity contribution in [1.82, 2.24) is 13.9 Å². The number of rotatable bonds is 10. The molecule has 0 spiro atoms. The number of carboxylic acid groups (broad SMARTS) is 1. The zero-order valence-corrected chi connectivity index (χ0v) is 21.5. The lowest BCUT2D eigenvalue weighted by molar-refractivity contribution is -0.139. The SMILES string of the molecule is O=C(O)COc1ccc(CN(Cc2ccc(-c3csnn3)cc2)S(=O)(=O)c2ccccc2)cc1Br. The van der Waals surface area contributed by atoms with Crippen LogP contribution in [0.3, 0.4) is 0 Å². The van der Waals surface area contributed by atoms with Crippen molar-refractivity contribution in [2.24, 2.45) is 0 Å². The first kappa shape index (κ1) is 25.0. The summed E-state index contributed by atoms with van der Waals surface area (Å²) in [5.74, 6) is -0.723. The van der Waals surface area contributed by atoms with E-state index in [0.717, 1.165) is 16.8 Å². The van der Waals surface area contributed by atoms with Crippen LogP contribution in [0.5, 0.6) is 5.75 Å². The number of nitrogens with zero attached hydrogens (tertiary/aromatic N) is 3. The van der Waals surface area contributed by atoms with Gasteiger partial charge in [0.15, 0.2) is 6.61 Å². The van der Waals surface area contributed by atoms with Crippen molar-refractivity contribution >= 4 is 43.5 Å². The Bertz CT molecular complexity index is 1400. The number of carbonyl (C=O) groups is 1. The summed E-state index contributed by atoms with van der Waals surface area (Å²) in [6.07, 6.45) is 0. The van der Waals surface area contributed by atoms with Crippen LogP contribution in [0.2, 0.25) is 0 Å². The van der Waals surface area contributed by atoms with Crippen LogP contribution >= 0.6 is 27.5 Å². The minimum Gasteiger partial charge on any atom is -0.481 e. The summed E-state index contributed by atoms with van der Waals surface area (Å²) in [7, 11) is -3.81. The van der Waals surface area contributed by atoms with Gasteiger partial charge in [-0.3, -0.25) is 0 Å². The molecule has 0 aliphatic heterocycles. The number of carboxylic acids is 1. The van der Waals surface area contributed by atoms with Gasteiger partial charge in [-0.05, 0) is 62.9 Å². The molecule has 1 heterocycles. The van der Waals surface area contributed by atoms with Gasteiger partial charge in [-0.1, -0.05) is 53.0 Å². The van der Waals surface area contributed by atoms with Crippen LogP contribution in [0.25, 0.3) is 11.3 Å². The van der Waals surface area contributed by atoms with E-state index < -0.39 is 22.6 Å². The normalized spacial score (nSPS) is 11.5.